The van der Waals surface area contributed by atoms with Crippen molar-refractivity contribution in [3.8, 4) is 17.2 Å². The highest BCUT2D eigenvalue weighted by molar-refractivity contribution is 7.99. The molecule has 1 unspecified atom stereocenters. The predicted molar refractivity (Wildman–Crippen MR) is 75.5 cm³/mol. The van der Waals surface area contributed by atoms with Gasteiger partial charge in [0.15, 0.2) is 11.5 Å². The van der Waals surface area contributed by atoms with E-state index < -0.39 is 0 Å². The summed E-state index contributed by atoms with van der Waals surface area (Å²) in [7, 11) is 4.88. The zero-order chi connectivity index (χ0) is 13.0. The summed E-state index contributed by atoms with van der Waals surface area (Å²) in [6.07, 6.45) is 1.20. The van der Waals surface area contributed by atoms with Crippen molar-refractivity contribution in [2.24, 2.45) is 0 Å². The van der Waals surface area contributed by atoms with Crippen LogP contribution >= 0.6 is 11.8 Å². The lowest BCUT2D eigenvalue weighted by atomic mass is 10.2. The lowest BCUT2D eigenvalue weighted by Gasteiger charge is -2.17. The first kappa shape index (κ1) is 13.2. The molecule has 100 valence electrons. The van der Waals surface area contributed by atoms with Crippen LogP contribution in [0.2, 0.25) is 0 Å². The van der Waals surface area contributed by atoms with Crippen molar-refractivity contribution in [1.29, 1.82) is 0 Å². The van der Waals surface area contributed by atoms with Gasteiger partial charge in [-0.2, -0.15) is 11.8 Å². The molecule has 1 N–H and O–H groups in total. The molecule has 0 aromatic heterocycles. The molecule has 0 saturated carbocycles. The summed E-state index contributed by atoms with van der Waals surface area (Å²) in [5, 5.41) is 3.51. The Labute approximate surface area is 112 Å². The van der Waals surface area contributed by atoms with Crippen LogP contribution in [0.5, 0.6) is 17.2 Å². The lowest BCUT2D eigenvalue weighted by molar-refractivity contribution is 0.324. The molecule has 4 nitrogen and oxygen atoms in total. The summed E-state index contributed by atoms with van der Waals surface area (Å²) >= 11 is 1.98. The van der Waals surface area contributed by atoms with Crippen LogP contribution in [0, 0.1) is 0 Å². The molecule has 1 saturated heterocycles. The quantitative estimate of drug-likeness (QED) is 0.889. The third-order valence-corrected chi connectivity index (χ3v) is 4.13. The highest BCUT2D eigenvalue weighted by atomic mass is 32.2. The number of ether oxygens (including phenoxy) is 3. The topological polar surface area (TPSA) is 39.7 Å². The number of thioether (sulfide) groups is 1. The van der Waals surface area contributed by atoms with Crippen molar-refractivity contribution in [3.05, 3.63) is 12.1 Å². The van der Waals surface area contributed by atoms with E-state index in [0.717, 1.165) is 11.4 Å². The molecule has 1 heterocycles. The Morgan fingerprint density at radius 3 is 2.22 bits per heavy atom. The van der Waals surface area contributed by atoms with Crippen molar-refractivity contribution in [3.63, 3.8) is 0 Å². The van der Waals surface area contributed by atoms with E-state index >= 15 is 0 Å². The van der Waals surface area contributed by atoms with Gasteiger partial charge in [0.1, 0.15) is 0 Å². The minimum absolute atomic E-state index is 0.526. The van der Waals surface area contributed by atoms with E-state index in [-0.39, 0.29) is 0 Å². The fraction of sp³-hybridized carbons (Fsp3) is 0.538. The second kappa shape index (κ2) is 6.09. The van der Waals surface area contributed by atoms with Crippen molar-refractivity contribution >= 4 is 17.4 Å². The molecular weight excluding hydrogens is 250 g/mol. The standard InChI is InChI=1S/C13H19NO3S/c1-15-11-6-10(14-9-4-5-18-8-9)7-12(16-2)13(11)17-3/h6-7,9,14H,4-5,8H2,1-3H3. The molecular formula is C13H19NO3S. The van der Waals surface area contributed by atoms with Crippen LogP contribution in [0.1, 0.15) is 6.42 Å². The van der Waals surface area contributed by atoms with Gasteiger partial charge in [0.05, 0.1) is 21.3 Å². The van der Waals surface area contributed by atoms with E-state index in [9.17, 15) is 0 Å². The maximum atomic E-state index is 5.33. The Hall–Kier alpha value is -1.23. The van der Waals surface area contributed by atoms with Gasteiger partial charge in [-0.05, 0) is 12.2 Å². The van der Waals surface area contributed by atoms with Gasteiger partial charge >= 0.3 is 0 Å². The van der Waals surface area contributed by atoms with Gasteiger partial charge in [0, 0.05) is 29.6 Å². The smallest absolute Gasteiger partial charge is 0.203 e. The van der Waals surface area contributed by atoms with Crippen molar-refractivity contribution in [2.75, 3.05) is 38.2 Å². The lowest BCUT2D eigenvalue weighted by Crippen LogP contribution is -2.18. The highest BCUT2D eigenvalue weighted by Gasteiger charge is 2.18. The maximum absolute atomic E-state index is 5.33. The molecule has 1 aromatic carbocycles. The second-order valence-corrected chi connectivity index (χ2v) is 5.27. The molecule has 0 amide bonds. The number of hydrogen-bond donors (Lipinski definition) is 1. The maximum Gasteiger partial charge on any atom is 0.203 e. The van der Waals surface area contributed by atoms with Gasteiger partial charge < -0.3 is 19.5 Å². The van der Waals surface area contributed by atoms with Gasteiger partial charge in [0.2, 0.25) is 5.75 Å². The van der Waals surface area contributed by atoms with Crippen LogP contribution in [0.25, 0.3) is 0 Å². The number of anilines is 1. The van der Waals surface area contributed by atoms with Crippen molar-refractivity contribution in [2.45, 2.75) is 12.5 Å². The zero-order valence-corrected chi connectivity index (χ0v) is 11.8. The van der Waals surface area contributed by atoms with Crippen LogP contribution in [-0.4, -0.2) is 38.9 Å². The summed E-state index contributed by atoms with van der Waals surface area (Å²) in [5.41, 5.74) is 1.01. The summed E-state index contributed by atoms with van der Waals surface area (Å²) in [5.74, 6) is 4.38. The summed E-state index contributed by atoms with van der Waals surface area (Å²) in [6, 6.07) is 4.42. The zero-order valence-electron chi connectivity index (χ0n) is 11.0. The third kappa shape index (κ3) is 2.77. The van der Waals surface area contributed by atoms with E-state index in [4.69, 9.17) is 14.2 Å². The molecule has 0 radical (unpaired) electrons. The summed E-state index contributed by atoms with van der Waals surface area (Å²) in [6.45, 7) is 0. The number of rotatable bonds is 5. The van der Waals surface area contributed by atoms with E-state index in [1.54, 1.807) is 21.3 Å². The number of benzene rings is 1. The average Bonchev–Trinajstić information content (AvgIpc) is 2.90. The monoisotopic (exact) mass is 269 g/mol. The normalized spacial score (nSPS) is 18.5. The molecule has 1 atom stereocenters. The Bertz CT molecular complexity index is 380. The van der Waals surface area contributed by atoms with Gasteiger partial charge in [0.25, 0.3) is 0 Å². The first-order chi connectivity index (χ1) is 8.78. The van der Waals surface area contributed by atoms with Gasteiger partial charge in [-0.3, -0.25) is 0 Å². The Morgan fingerprint density at radius 2 is 1.78 bits per heavy atom. The third-order valence-electron chi connectivity index (χ3n) is 2.97. The fourth-order valence-electron chi connectivity index (χ4n) is 2.05. The fourth-order valence-corrected chi connectivity index (χ4v) is 3.20. The van der Waals surface area contributed by atoms with E-state index in [2.05, 4.69) is 5.32 Å². The SMILES string of the molecule is COc1cc(NC2CCSC2)cc(OC)c1OC. The van der Waals surface area contributed by atoms with Crippen LogP contribution in [0.4, 0.5) is 5.69 Å². The van der Waals surface area contributed by atoms with Gasteiger partial charge in [-0.1, -0.05) is 0 Å². The molecule has 1 fully saturated rings. The number of methoxy groups -OCH3 is 3. The molecule has 1 aliphatic heterocycles. The molecule has 2 rings (SSSR count). The molecule has 1 aromatic rings. The Morgan fingerprint density at radius 1 is 1.11 bits per heavy atom. The molecule has 18 heavy (non-hydrogen) atoms. The first-order valence-corrected chi connectivity index (χ1v) is 7.08. The van der Waals surface area contributed by atoms with E-state index in [1.165, 1.54) is 12.2 Å². The van der Waals surface area contributed by atoms with Crippen molar-refractivity contribution in [1.82, 2.24) is 0 Å². The molecule has 0 bridgehead atoms. The Balaban J connectivity index is 2.24. The summed E-state index contributed by atoms with van der Waals surface area (Å²) < 4.78 is 16.0. The largest absolute Gasteiger partial charge is 0.493 e. The highest BCUT2D eigenvalue weighted by Crippen LogP contribution is 2.40. The average molecular weight is 269 g/mol. The van der Waals surface area contributed by atoms with Crippen LogP contribution < -0.4 is 19.5 Å². The predicted octanol–water partition coefficient (Wildman–Crippen LogP) is 2.63. The van der Waals surface area contributed by atoms with Gasteiger partial charge in [-0.15, -0.1) is 0 Å². The second-order valence-electron chi connectivity index (χ2n) is 4.12. The molecule has 0 spiro atoms. The van der Waals surface area contributed by atoms with Crippen LogP contribution in [-0.2, 0) is 0 Å². The molecule has 1 aliphatic rings. The minimum Gasteiger partial charge on any atom is -0.493 e. The molecule has 5 heteroatoms. The van der Waals surface area contributed by atoms with E-state index in [0.29, 0.717) is 23.3 Å². The number of hydrogen-bond acceptors (Lipinski definition) is 5. The minimum atomic E-state index is 0.526. The van der Waals surface area contributed by atoms with Crippen molar-refractivity contribution < 1.29 is 14.2 Å². The van der Waals surface area contributed by atoms with E-state index in [1.807, 2.05) is 23.9 Å². The first-order valence-electron chi connectivity index (χ1n) is 5.92. The van der Waals surface area contributed by atoms with Crippen LogP contribution in [0.3, 0.4) is 0 Å². The van der Waals surface area contributed by atoms with Crippen LogP contribution in [0.15, 0.2) is 12.1 Å². The number of nitrogens with one attached hydrogen (secondary N) is 1. The summed E-state index contributed by atoms with van der Waals surface area (Å²) in [4.78, 5) is 0. The van der Waals surface area contributed by atoms with Gasteiger partial charge in [-0.25, -0.2) is 0 Å². The molecule has 0 aliphatic carbocycles. The Kier molecular flexibility index (Phi) is 4.47.